The molecule has 0 aliphatic rings. The summed E-state index contributed by atoms with van der Waals surface area (Å²) in [6.45, 7) is -0.517. The molecule has 0 radical (unpaired) electrons. The van der Waals surface area contributed by atoms with Gasteiger partial charge < -0.3 is 20.7 Å². The van der Waals surface area contributed by atoms with Crippen molar-refractivity contribution in [1.29, 1.82) is 5.41 Å². The Hall–Kier alpha value is -0.450. The molecule has 0 aromatic heterocycles. The van der Waals surface area contributed by atoms with E-state index in [-0.39, 0.29) is 0 Å². The van der Waals surface area contributed by atoms with Gasteiger partial charge >= 0.3 is 0 Å². The lowest BCUT2D eigenvalue weighted by Crippen LogP contribution is -2.29. The zero-order valence-corrected chi connectivity index (χ0v) is 4.28. The van der Waals surface area contributed by atoms with Crippen LogP contribution in [0.25, 0.3) is 0 Å². The van der Waals surface area contributed by atoms with Crippen LogP contribution in [0.1, 0.15) is 0 Å². The third-order valence-corrected chi connectivity index (χ3v) is 0.752. The minimum absolute atomic E-state index is 0.517. The van der Waals surface area contributed by atoms with Crippen molar-refractivity contribution < 1.29 is 15.3 Å². The first-order valence-electron chi connectivity index (χ1n) is 2.20. The molecule has 8 heavy (non-hydrogen) atoms. The van der Waals surface area contributed by atoms with E-state index in [1.165, 1.54) is 0 Å². The number of aliphatic hydroxyl groups excluding tert-OH is 3. The third-order valence-electron chi connectivity index (χ3n) is 0.752. The van der Waals surface area contributed by atoms with E-state index in [9.17, 15) is 0 Å². The molecule has 0 spiro atoms. The van der Waals surface area contributed by atoms with Crippen LogP contribution in [-0.2, 0) is 0 Å². The smallest absolute Gasteiger partial charge is 0.116 e. The Morgan fingerprint density at radius 2 is 2.00 bits per heavy atom. The van der Waals surface area contributed by atoms with E-state index >= 15 is 0 Å². The molecule has 4 nitrogen and oxygen atoms in total. The molecule has 0 rings (SSSR count). The number of aliphatic hydroxyl groups is 3. The van der Waals surface area contributed by atoms with Crippen LogP contribution in [0.5, 0.6) is 0 Å². The van der Waals surface area contributed by atoms with Gasteiger partial charge in [0, 0.05) is 6.21 Å². The van der Waals surface area contributed by atoms with Crippen molar-refractivity contribution in [3.63, 3.8) is 0 Å². The Balaban J connectivity index is 3.44. The zero-order valence-electron chi connectivity index (χ0n) is 4.28. The lowest BCUT2D eigenvalue weighted by atomic mass is 10.2. The molecular formula is C4H9NO3. The molecule has 0 amide bonds. The first-order valence-corrected chi connectivity index (χ1v) is 2.20. The second-order valence-corrected chi connectivity index (χ2v) is 1.41. The summed E-state index contributed by atoms with van der Waals surface area (Å²) >= 11 is 0. The van der Waals surface area contributed by atoms with E-state index in [1.807, 2.05) is 0 Å². The predicted molar refractivity (Wildman–Crippen MR) is 27.9 cm³/mol. The second kappa shape index (κ2) is 3.54. The Morgan fingerprint density at radius 3 is 2.12 bits per heavy atom. The van der Waals surface area contributed by atoms with Crippen LogP contribution in [-0.4, -0.2) is 40.3 Å². The molecule has 0 fully saturated rings. The number of hydrogen-bond donors (Lipinski definition) is 4. The van der Waals surface area contributed by atoms with Gasteiger partial charge in [0.25, 0.3) is 0 Å². The number of hydrogen-bond acceptors (Lipinski definition) is 4. The molecule has 0 saturated carbocycles. The van der Waals surface area contributed by atoms with Crippen LogP contribution in [0.2, 0.25) is 0 Å². The largest absolute Gasteiger partial charge is 0.394 e. The van der Waals surface area contributed by atoms with Crippen LogP contribution in [0.15, 0.2) is 0 Å². The van der Waals surface area contributed by atoms with Crippen molar-refractivity contribution in [2.45, 2.75) is 12.2 Å². The van der Waals surface area contributed by atoms with Gasteiger partial charge in [-0.15, -0.1) is 0 Å². The molecular weight excluding hydrogens is 110 g/mol. The van der Waals surface area contributed by atoms with Crippen molar-refractivity contribution in [2.75, 3.05) is 6.61 Å². The van der Waals surface area contributed by atoms with Gasteiger partial charge in [-0.2, -0.15) is 0 Å². The highest BCUT2D eigenvalue weighted by Crippen LogP contribution is 1.85. The maximum absolute atomic E-state index is 8.48. The molecule has 0 saturated heterocycles. The third kappa shape index (κ3) is 2.02. The monoisotopic (exact) mass is 119 g/mol. The van der Waals surface area contributed by atoms with Crippen molar-refractivity contribution in [3.05, 3.63) is 0 Å². The highest BCUT2D eigenvalue weighted by molar-refractivity contribution is 5.59. The molecule has 0 unspecified atom stereocenters. The average Bonchev–Trinajstić information content (AvgIpc) is 1.84. The SMILES string of the molecule is N=C[C@H](O)[C@@H](O)CO. The summed E-state index contributed by atoms with van der Waals surface area (Å²) in [5.41, 5.74) is 0. The fraction of sp³-hybridized carbons (Fsp3) is 0.750. The van der Waals surface area contributed by atoms with Gasteiger partial charge in [0.2, 0.25) is 0 Å². The first-order chi connectivity index (χ1) is 3.72. The maximum atomic E-state index is 8.48. The Bertz CT molecular complexity index is 75.7. The fourth-order valence-electron chi connectivity index (χ4n) is 0.219. The average molecular weight is 119 g/mol. The van der Waals surface area contributed by atoms with Crippen LogP contribution in [0, 0.1) is 5.41 Å². The minimum atomic E-state index is -1.24. The van der Waals surface area contributed by atoms with Gasteiger partial charge in [-0.1, -0.05) is 0 Å². The van der Waals surface area contributed by atoms with Crippen LogP contribution in [0.4, 0.5) is 0 Å². The van der Waals surface area contributed by atoms with Gasteiger partial charge in [0.1, 0.15) is 12.2 Å². The molecule has 4 heteroatoms. The van der Waals surface area contributed by atoms with Gasteiger partial charge in [-0.3, -0.25) is 0 Å². The summed E-state index contributed by atoms with van der Waals surface area (Å²) in [4.78, 5) is 0. The molecule has 0 aromatic carbocycles. The van der Waals surface area contributed by atoms with Crippen LogP contribution in [0.3, 0.4) is 0 Å². The van der Waals surface area contributed by atoms with Crippen molar-refractivity contribution in [3.8, 4) is 0 Å². The van der Waals surface area contributed by atoms with E-state index in [1.54, 1.807) is 0 Å². The van der Waals surface area contributed by atoms with Crippen molar-refractivity contribution in [2.24, 2.45) is 0 Å². The Kier molecular flexibility index (Phi) is 3.34. The predicted octanol–water partition coefficient (Wildman–Crippen LogP) is -1.65. The summed E-state index contributed by atoms with van der Waals surface area (Å²) in [5.74, 6) is 0. The summed E-state index contributed by atoms with van der Waals surface area (Å²) in [6, 6.07) is 0. The molecule has 0 bridgehead atoms. The molecule has 0 heterocycles. The highest BCUT2D eigenvalue weighted by atomic mass is 16.4. The maximum Gasteiger partial charge on any atom is 0.116 e. The fourth-order valence-corrected chi connectivity index (χ4v) is 0.219. The molecule has 48 valence electrons. The van der Waals surface area contributed by atoms with Crippen molar-refractivity contribution in [1.82, 2.24) is 0 Å². The molecule has 0 aromatic rings. The van der Waals surface area contributed by atoms with Crippen LogP contribution >= 0.6 is 0 Å². The molecule has 0 aliphatic carbocycles. The van der Waals surface area contributed by atoms with Gasteiger partial charge in [-0.05, 0) is 0 Å². The van der Waals surface area contributed by atoms with E-state index in [0.29, 0.717) is 6.21 Å². The number of nitrogens with one attached hydrogen (secondary N) is 1. The second-order valence-electron chi connectivity index (χ2n) is 1.41. The van der Waals surface area contributed by atoms with Crippen molar-refractivity contribution >= 4 is 6.21 Å². The van der Waals surface area contributed by atoms with Crippen LogP contribution < -0.4 is 0 Å². The van der Waals surface area contributed by atoms with Gasteiger partial charge in [-0.25, -0.2) is 0 Å². The molecule has 0 aliphatic heterocycles. The standard InChI is InChI=1S/C4H9NO3/c5-1-3(7)4(8)2-6/h1,3-8H,2H2/t3-,4-/m0/s1. The highest BCUT2D eigenvalue weighted by Gasteiger charge is 2.10. The minimum Gasteiger partial charge on any atom is -0.394 e. The lowest BCUT2D eigenvalue weighted by Gasteiger charge is -2.08. The zero-order chi connectivity index (χ0) is 6.57. The molecule has 2 atom stereocenters. The van der Waals surface area contributed by atoms with E-state index < -0.39 is 18.8 Å². The molecule has 4 N–H and O–H groups in total. The Labute approximate surface area is 46.9 Å². The summed E-state index contributed by atoms with van der Waals surface area (Å²) in [7, 11) is 0. The summed E-state index contributed by atoms with van der Waals surface area (Å²) in [6.07, 6.45) is -1.78. The van der Waals surface area contributed by atoms with E-state index in [4.69, 9.17) is 20.7 Å². The number of rotatable bonds is 3. The Morgan fingerprint density at radius 1 is 1.50 bits per heavy atom. The topological polar surface area (TPSA) is 84.5 Å². The summed E-state index contributed by atoms with van der Waals surface area (Å²) in [5, 5.41) is 31.5. The van der Waals surface area contributed by atoms with E-state index in [2.05, 4.69) is 0 Å². The first kappa shape index (κ1) is 7.55. The summed E-state index contributed by atoms with van der Waals surface area (Å²) < 4.78 is 0. The quantitative estimate of drug-likeness (QED) is 0.336. The lowest BCUT2D eigenvalue weighted by molar-refractivity contribution is 0.0202. The normalized spacial score (nSPS) is 17.4. The van der Waals surface area contributed by atoms with E-state index in [0.717, 1.165) is 0 Å². The van der Waals surface area contributed by atoms with Gasteiger partial charge in [0.05, 0.1) is 6.61 Å². The van der Waals surface area contributed by atoms with Gasteiger partial charge in [0.15, 0.2) is 0 Å².